The van der Waals surface area contributed by atoms with Crippen molar-refractivity contribution in [3.8, 4) is 0 Å². The predicted octanol–water partition coefficient (Wildman–Crippen LogP) is 2.61. The van der Waals surface area contributed by atoms with Gasteiger partial charge in [-0.2, -0.15) is 0 Å². The molecular formula is C21H27N3O3. The SMILES string of the molecule is Cc1cccc(C)c1NC(=O)CN1CCN(C(=O)CCc2ccco2)CC1. The Labute approximate surface area is 160 Å². The van der Waals surface area contributed by atoms with Crippen LogP contribution in [0.2, 0.25) is 0 Å². The van der Waals surface area contributed by atoms with Gasteiger partial charge in [-0.15, -0.1) is 0 Å². The maximum Gasteiger partial charge on any atom is 0.238 e. The molecule has 1 aromatic carbocycles. The number of anilines is 1. The van der Waals surface area contributed by atoms with Gasteiger partial charge in [-0.25, -0.2) is 0 Å². The van der Waals surface area contributed by atoms with Crippen molar-refractivity contribution in [2.24, 2.45) is 0 Å². The molecule has 0 spiro atoms. The van der Waals surface area contributed by atoms with Gasteiger partial charge in [-0.05, 0) is 37.1 Å². The van der Waals surface area contributed by atoms with Gasteiger partial charge >= 0.3 is 0 Å². The van der Waals surface area contributed by atoms with Crippen LogP contribution in [0, 0.1) is 13.8 Å². The molecule has 1 fully saturated rings. The van der Waals surface area contributed by atoms with Crippen LogP contribution in [0.5, 0.6) is 0 Å². The maximum absolute atomic E-state index is 12.4. The quantitative estimate of drug-likeness (QED) is 0.850. The second-order valence-corrected chi connectivity index (χ2v) is 7.05. The summed E-state index contributed by atoms with van der Waals surface area (Å²) in [6, 6.07) is 9.70. The standard InChI is InChI=1S/C21H27N3O3/c1-16-5-3-6-17(2)21(16)22-19(25)15-23-10-12-24(13-11-23)20(26)9-8-18-7-4-14-27-18/h3-7,14H,8-13,15H2,1-2H3,(H,22,25). The van der Waals surface area contributed by atoms with Crippen molar-refractivity contribution >= 4 is 17.5 Å². The molecule has 27 heavy (non-hydrogen) atoms. The van der Waals surface area contributed by atoms with Gasteiger partial charge in [-0.3, -0.25) is 14.5 Å². The van der Waals surface area contributed by atoms with E-state index in [1.165, 1.54) is 0 Å². The molecule has 2 aromatic rings. The zero-order valence-electron chi connectivity index (χ0n) is 16.0. The number of para-hydroxylation sites is 1. The van der Waals surface area contributed by atoms with E-state index in [9.17, 15) is 9.59 Å². The first-order valence-corrected chi connectivity index (χ1v) is 9.41. The number of furan rings is 1. The molecule has 6 nitrogen and oxygen atoms in total. The summed E-state index contributed by atoms with van der Waals surface area (Å²) in [7, 11) is 0. The summed E-state index contributed by atoms with van der Waals surface area (Å²) in [6.07, 6.45) is 2.72. The Morgan fingerprint density at radius 1 is 1.04 bits per heavy atom. The monoisotopic (exact) mass is 369 g/mol. The molecule has 144 valence electrons. The first-order chi connectivity index (χ1) is 13.0. The van der Waals surface area contributed by atoms with Crippen LogP contribution in [0.15, 0.2) is 41.0 Å². The van der Waals surface area contributed by atoms with E-state index in [0.29, 0.717) is 45.6 Å². The number of aryl methyl sites for hydroxylation is 3. The molecule has 1 saturated heterocycles. The Morgan fingerprint density at radius 3 is 2.37 bits per heavy atom. The highest BCUT2D eigenvalue weighted by atomic mass is 16.3. The van der Waals surface area contributed by atoms with Crippen LogP contribution < -0.4 is 5.32 Å². The van der Waals surface area contributed by atoms with Crippen LogP contribution in [0.3, 0.4) is 0 Å². The number of carbonyl (C=O) groups excluding carboxylic acids is 2. The molecule has 1 aromatic heterocycles. The Morgan fingerprint density at radius 2 is 1.74 bits per heavy atom. The van der Waals surface area contributed by atoms with E-state index in [1.807, 2.05) is 49.1 Å². The van der Waals surface area contributed by atoms with Crippen LogP contribution in [0.25, 0.3) is 0 Å². The summed E-state index contributed by atoms with van der Waals surface area (Å²) in [6.45, 7) is 7.09. The minimum atomic E-state index is -0.00926. The highest BCUT2D eigenvalue weighted by molar-refractivity contribution is 5.93. The molecule has 2 heterocycles. The van der Waals surface area contributed by atoms with Gasteiger partial charge in [-0.1, -0.05) is 18.2 Å². The smallest absolute Gasteiger partial charge is 0.238 e. The van der Waals surface area contributed by atoms with Crippen molar-refractivity contribution in [1.29, 1.82) is 0 Å². The Balaban J connectivity index is 1.42. The van der Waals surface area contributed by atoms with E-state index >= 15 is 0 Å². The van der Waals surface area contributed by atoms with Crippen molar-refractivity contribution < 1.29 is 14.0 Å². The minimum Gasteiger partial charge on any atom is -0.469 e. The Kier molecular flexibility index (Phi) is 6.29. The molecule has 1 aliphatic rings. The summed E-state index contributed by atoms with van der Waals surface area (Å²) in [5.41, 5.74) is 3.03. The Bertz CT molecular complexity index is 758. The van der Waals surface area contributed by atoms with Crippen molar-refractivity contribution in [2.75, 3.05) is 38.0 Å². The number of hydrogen-bond donors (Lipinski definition) is 1. The first kappa shape index (κ1) is 19.2. The van der Waals surface area contributed by atoms with Crippen molar-refractivity contribution in [3.63, 3.8) is 0 Å². The lowest BCUT2D eigenvalue weighted by molar-refractivity contribution is -0.133. The van der Waals surface area contributed by atoms with Crippen LogP contribution in [0.4, 0.5) is 5.69 Å². The fourth-order valence-corrected chi connectivity index (χ4v) is 3.39. The minimum absolute atomic E-state index is 0.00926. The van der Waals surface area contributed by atoms with E-state index in [0.717, 1.165) is 22.6 Å². The van der Waals surface area contributed by atoms with Crippen LogP contribution in [-0.4, -0.2) is 54.3 Å². The van der Waals surface area contributed by atoms with Crippen molar-refractivity contribution in [3.05, 3.63) is 53.5 Å². The lowest BCUT2D eigenvalue weighted by atomic mass is 10.1. The number of carbonyl (C=O) groups is 2. The van der Waals surface area contributed by atoms with E-state index < -0.39 is 0 Å². The fourth-order valence-electron chi connectivity index (χ4n) is 3.39. The average molecular weight is 369 g/mol. The van der Waals surface area contributed by atoms with Gasteiger partial charge in [0.05, 0.1) is 12.8 Å². The molecule has 1 N–H and O–H groups in total. The number of benzene rings is 1. The maximum atomic E-state index is 12.4. The number of rotatable bonds is 6. The van der Waals surface area contributed by atoms with Crippen molar-refractivity contribution in [2.45, 2.75) is 26.7 Å². The third kappa shape index (κ3) is 5.20. The molecule has 0 radical (unpaired) electrons. The van der Waals surface area contributed by atoms with E-state index in [-0.39, 0.29) is 11.8 Å². The van der Waals surface area contributed by atoms with Gasteiger partial charge < -0.3 is 14.6 Å². The molecule has 6 heteroatoms. The van der Waals surface area contributed by atoms with Crippen LogP contribution >= 0.6 is 0 Å². The number of nitrogens with one attached hydrogen (secondary N) is 1. The van der Waals surface area contributed by atoms with Crippen molar-refractivity contribution in [1.82, 2.24) is 9.80 Å². The number of piperazine rings is 1. The van der Waals surface area contributed by atoms with Gasteiger partial charge in [0.1, 0.15) is 5.76 Å². The fraction of sp³-hybridized carbons (Fsp3) is 0.429. The zero-order chi connectivity index (χ0) is 19.2. The highest BCUT2D eigenvalue weighted by Gasteiger charge is 2.22. The van der Waals surface area contributed by atoms with Crippen LogP contribution in [0.1, 0.15) is 23.3 Å². The molecule has 0 saturated carbocycles. The summed E-state index contributed by atoms with van der Waals surface area (Å²) in [5, 5.41) is 3.02. The summed E-state index contributed by atoms with van der Waals surface area (Å²) >= 11 is 0. The molecule has 0 unspecified atom stereocenters. The average Bonchev–Trinajstić information content (AvgIpc) is 3.17. The topological polar surface area (TPSA) is 65.8 Å². The van der Waals surface area contributed by atoms with E-state index in [2.05, 4.69) is 10.2 Å². The second-order valence-electron chi connectivity index (χ2n) is 7.05. The van der Waals surface area contributed by atoms with E-state index in [1.54, 1.807) is 6.26 Å². The second kappa shape index (κ2) is 8.86. The third-order valence-electron chi connectivity index (χ3n) is 5.00. The summed E-state index contributed by atoms with van der Waals surface area (Å²) in [5.74, 6) is 0.973. The molecule has 1 aliphatic heterocycles. The first-order valence-electron chi connectivity index (χ1n) is 9.41. The van der Waals surface area contributed by atoms with Gasteiger partial charge in [0, 0.05) is 44.7 Å². The van der Waals surface area contributed by atoms with Gasteiger partial charge in [0.25, 0.3) is 0 Å². The lowest BCUT2D eigenvalue weighted by Gasteiger charge is -2.34. The largest absolute Gasteiger partial charge is 0.469 e. The summed E-state index contributed by atoms with van der Waals surface area (Å²) in [4.78, 5) is 28.7. The highest BCUT2D eigenvalue weighted by Crippen LogP contribution is 2.19. The van der Waals surface area contributed by atoms with Crippen LogP contribution in [-0.2, 0) is 16.0 Å². The number of amides is 2. The molecule has 0 bridgehead atoms. The molecule has 2 amide bonds. The summed E-state index contributed by atoms with van der Waals surface area (Å²) < 4.78 is 5.27. The predicted molar refractivity (Wildman–Crippen MR) is 105 cm³/mol. The van der Waals surface area contributed by atoms with Gasteiger partial charge in [0.15, 0.2) is 0 Å². The normalized spacial score (nSPS) is 15.0. The molecule has 3 rings (SSSR count). The van der Waals surface area contributed by atoms with Gasteiger partial charge in [0.2, 0.25) is 11.8 Å². The molecule has 0 atom stereocenters. The number of hydrogen-bond acceptors (Lipinski definition) is 4. The Hall–Kier alpha value is -2.60. The molecule has 0 aliphatic carbocycles. The third-order valence-corrected chi connectivity index (χ3v) is 5.00. The lowest BCUT2D eigenvalue weighted by Crippen LogP contribution is -2.50. The molecular weight excluding hydrogens is 342 g/mol. The van der Waals surface area contributed by atoms with E-state index in [4.69, 9.17) is 4.42 Å². The zero-order valence-corrected chi connectivity index (χ0v) is 16.0. The number of nitrogens with zero attached hydrogens (tertiary/aromatic N) is 2.